The summed E-state index contributed by atoms with van der Waals surface area (Å²) in [7, 11) is 2.28. The quantitative estimate of drug-likeness (QED) is 0.811. The number of fused-ring (bicyclic) bond motifs is 1. The van der Waals surface area contributed by atoms with Crippen LogP contribution in [0.25, 0.3) is 0 Å². The van der Waals surface area contributed by atoms with Crippen LogP contribution < -0.4 is 5.32 Å². The molecule has 0 radical (unpaired) electrons. The summed E-state index contributed by atoms with van der Waals surface area (Å²) in [6, 6.07) is 1.60. The molecule has 16 heavy (non-hydrogen) atoms. The average molecular weight is 258 g/mol. The molecule has 0 aromatic rings. The zero-order chi connectivity index (χ0) is 11.0. The van der Waals surface area contributed by atoms with Gasteiger partial charge in [-0.2, -0.15) is 0 Å². The van der Waals surface area contributed by atoms with E-state index in [0.717, 1.165) is 23.9 Å². The van der Waals surface area contributed by atoms with E-state index in [0.29, 0.717) is 0 Å². The fourth-order valence-corrected chi connectivity index (χ4v) is 5.97. The molecule has 0 amide bonds. The molecule has 0 aromatic carbocycles. The van der Waals surface area contributed by atoms with E-state index in [1.165, 1.54) is 42.5 Å². The molecule has 1 N–H and O–H groups in total. The van der Waals surface area contributed by atoms with Crippen molar-refractivity contribution in [1.29, 1.82) is 0 Å². The van der Waals surface area contributed by atoms with Crippen molar-refractivity contribution < 1.29 is 0 Å². The van der Waals surface area contributed by atoms with Crippen LogP contribution in [-0.4, -0.2) is 53.7 Å². The largest absolute Gasteiger partial charge is 0.309 e. The van der Waals surface area contributed by atoms with Gasteiger partial charge in [0.25, 0.3) is 0 Å². The first kappa shape index (κ1) is 11.7. The van der Waals surface area contributed by atoms with Gasteiger partial charge in [-0.05, 0) is 31.7 Å². The highest BCUT2D eigenvalue weighted by Gasteiger charge is 2.41. The molecule has 3 unspecified atom stereocenters. The molecule has 2 aliphatic heterocycles. The number of likely N-dealkylation sites (tertiary alicyclic amines) is 1. The fraction of sp³-hybridized carbons (Fsp3) is 1.00. The Morgan fingerprint density at radius 1 is 1.12 bits per heavy atom. The van der Waals surface area contributed by atoms with Gasteiger partial charge < -0.3 is 10.2 Å². The minimum atomic E-state index is 0.776. The summed E-state index contributed by atoms with van der Waals surface area (Å²) in [6.07, 6.45) is 2.88. The standard InChI is InChI=1S/C12H22N2S2/c1-14-4-9-2-3-12(11(9)5-14)13-10-6-15-8-16-7-10/h9-13H,2-8H2,1H3. The lowest BCUT2D eigenvalue weighted by atomic mass is 9.97. The zero-order valence-corrected chi connectivity index (χ0v) is 11.7. The summed E-state index contributed by atoms with van der Waals surface area (Å²) in [5, 5.41) is 5.24. The molecule has 3 aliphatic rings. The number of nitrogens with one attached hydrogen (secondary N) is 1. The van der Waals surface area contributed by atoms with Crippen LogP contribution in [0.2, 0.25) is 0 Å². The van der Waals surface area contributed by atoms with Gasteiger partial charge in [-0.15, -0.1) is 23.5 Å². The van der Waals surface area contributed by atoms with Crippen molar-refractivity contribution in [1.82, 2.24) is 10.2 Å². The zero-order valence-electron chi connectivity index (χ0n) is 10.0. The Hall–Kier alpha value is 0.620. The lowest BCUT2D eigenvalue weighted by molar-refractivity contribution is 0.333. The van der Waals surface area contributed by atoms with Crippen molar-refractivity contribution in [2.75, 3.05) is 36.7 Å². The smallest absolute Gasteiger partial charge is 0.0393 e. The van der Waals surface area contributed by atoms with Gasteiger partial charge in [0.15, 0.2) is 0 Å². The minimum absolute atomic E-state index is 0.776. The van der Waals surface area contributed by atoms with Crippen LogP contribution in [0.5, 0.6) is 0 Å². The van der Waals surface area contributed by atoms with E-state index < -0.39 is 0 Å². The Balaban J connectivity index is 1.55. The number of nitrogens with zero attached hydrogens (tertiary/aromatic N) is 1. The van der Waals surface area contributed by atoms with Crippen LogP contribution in [0.1, 0.15) is 12.8 Å². The van der Waals surface area contributed by atoms with E-state index in [1.807, 2.05) is 0 Å². The van der Waals surface area contributed by atoms with E-state index >= 15 is 0 Å². The molecule has 2 heterocycles. The van der Waals surface area contributed by atoms with Gasteiger partial charge >= 0.3 is 0 Å². The van der Waals surface area contributed by atoms with E-state index in [-0.39, 0.29) is 0 Å². The molecule has 0 spiro atoms. The lowest BCUT2D eigenvalue weighted by Crippen LogP contribution is -2.45. The van der Waals surface area contributed by atoms with Gasteiger partial charge in [0.05, 0.1) is 0 Å². The molecule has 4 heteroatoms. The molecule has 0 bridgehead atoms. The van der Waals surface area contributed by atoms with E-state index in [4.69, 9.17) is 0 Å². The van der Waals surface area contributed by atoms with Crippen LogP contribution >= 0.6 is 23.5 Å². The van der Waals surface area contributed by atoms with Gasteiger partial charge in [0.1, 0.15) is 0 Å². The second-order valence-corrected chi connectivity index (χ2v) is 7.98. The van der Waals surface area contributed by atoms with Crippen molar-refractivity contribution in [3.8, 4) is 0 Å². The maximum Gasteiger partial charge on any atom is 0.0393 e. The normalized spacial score (nSPS) is 41.4. The molecule has 1 aliphatic carbocycles. The Morgan fingerprint density at radius 2 is 1.94 bits per heavy atom. The summed E-state index contributed by atoms with van der Waals surface area (Å²) in [6.45, 7) is 2.67. The lowest BCUT2D eigenvalue weighted by Gasteiger charge is -2.29. The van der Waals surface area contributed by atoms with Crippen LogP contribution in [0.3, 0.4) is 0 Å². The summed E-state index contributed by atoms with van der Waals surface area (Å²) in [5.74, 6) is 4.60. The first-order valence-corrected chi connectivity index (χ1v) is 8.74. The van der Waals surface area contributed by atoms with Crippen molar-refractivity contribution >= 4 is 23.5 Å². The van der Waals surface area contributed by atoms with Crippen molar-refractivity contribution in [3.63, 3.8) is 0 Å². The number of hydrogen-bond donors (Lipinski definition) is 1. The Kier molecular flexibility index (Phi) is 3.72. The Bertz CT molecular complexity index is 243. The molecule has 1 saturated carbocycles. The third kappa shape index (κ3) is 2.40. The average Bonchev–Trinajstić information content (AvgIpc) is 2.81. The Morgan fingerprint density at radius 3 is 2.75 bits per heavy atom. The predicted octanol–water partition coefficient (Wildman–Crippen LogP) is 1.72. The fourth-order valence-electron chi connectivity index (χ4n) is 3.58. The molecule has 0 aromatic heterocycles. The SMILES string of the molecule is CN1CC2CCC(NC3CSCSC3)C2C1. The monoisotopic (exact) mass is 258 g/mol. The summed E-state index contributed by atoms with van der Waals surface area (Å²) < 4.78 is 0. The third-order valence-corrected chi connectivity index (χ3v) is 6.90. The van der Waals surface area contributed by atoms with Crippen LogP contribution in [0.15, 0.2) is 0 Å². The van der Waals surface area contributed by atoms with Crippen molar-refractivity contribution in [2.24, 2.45) is 11.8 Å². The van der Waals surface area contributed by atoms with E-state index in [2.05, 4.69) is 40.8 Å². The minimum Gasteiger partial charge on any atom is -0.309 e. The van der Waals surface area contributed by atoms with Gasteiger partial charge in [0, 0.05) is 41.8 Å². The molecule has 3 rings (SSSR count). The Labute approximate surface area is 107 Å². The summed E-state index contributed by atoms with van der Waals surface area (Å²) in [4.78, 5) is 2.52. The first-order valence-electron chi connectivity index (χ1n) is 6.43. The summed E-state index contributed by atoms with van der Waals surface area (Å²) >= 11 is 4.20. The van der Waals surface area contributed by atoms with Gasteiger partial charge in [-0.25, -0.2) is 0 Å². The maximum atomic E-state index is 3.94. The second kappa shape index (κ2) is 5.09. The highest BCUT2D eigenvalue weighted by atomic mass is 32.2. The molecular weight excluding hydrogens is 236 g/mol. The van der Waals surface area contributed by atoms with Crippen molar-refractivity contribution in [2.45, 2.75) is 24.9 Å². The topological polar surface area (TPSA) is 15.3 Å². The maximum absolute atomic E-state index is 3.94. The molecule has 3 atom stereocenters. The highest BCUT2D eigenvalue weighted by molar-refractivity contribution is 8.16. The number of thioether (sulfide) groups is 2. The number of hydrogen-bond acceptors (Lipinski definition) is 4. The predicted molar refractivity (Wildman–Crippen MR) is 74.2 cm³/mol. The van der Waals surface area contributed by atoms with Crippen LogP contribution in [0.4, 0.5) is 0 Å². The van der Waals surface area contributed by atoms with Crippen LogP contribution in [0, 0.1) is 11.8 Å². The third-order valence-electron chi connectivity index (χ3n) is 4.29. The van der Waals surface area contributed by atoms with Crippen molar-refractivity contribution in [3.05, 3.63) is 0 Å². The van der Waals surface area contributed by atoms with Gasteiger partial charge in [-0.1, -0.05) is 0 Å². The molecule has 2 saturated heterocycles. The molecule has 2 nitrogen and oxygen atoms in total. The van der Waals surface area contributed by atoms with E-state index in [9.17, 15) is 0 Å². The first-order chi connectivity index (χ1) is 7.83. The number of rotatable bonds is 2. The highest BCUT2D eigenvalue weighted by Crippen LogP contribution is 2.38. The van der Waals surface area contributed by atoms with Gasteiger partial charge in [-0.3, -0.25) is 0 Å². The molecular formula is C12H22N2S2. The second-order valence-electron chi connectivity index (χ2n) is 5.55. The molecule has 3 fully saturated rings. The van der Waals surface area contributed by atoms with Gasteiger partial charge in [0.2, 0.25) is 0 Å². The van der Waals surface area contributed by atoms with Crippen LogP contribution in [-0.2, 0) is 0 Å². The summed E-state index contributed by atoms with van der Waals surface area (Å²) in [5.41, 5.74) is 0. The molecule has 92 valence electrons. The van der Waals surface area contributed by atoms with E-state index in [1.54, 1.807) is 0 Å².